The van der Waals surface area contributed by atoms with Gasteiger partial charge in [-0.1, -0.05) is 25.3 Å². The summed E-state index contributed by atoms with van der Waals surface area (Å²) in [5.74, 6) is 1.52. The number of rotatable bonds is 10. The molecule has 1 aliphatic carbocycles. The number of nitrogens with zero attached hydrogens (tertiary/aromatic N) is 1. The first-order valence-corrected chi connectivity index (χ1v) is 10.2. The lowest BCUT2D eigenvalue weighted by Crippen LogP contribution is -2.39. The van der Waals surface area contributed by atoms with Gasteiger partial charge in [0.15, 0.2) is 5.96 Å². The normalized spacial score (nSPS) is 15.1. The molecule has 0 heterocycles. The lowest BCUT2D eigenvalue weighted by atomic mass is 9.95. The van der Waals surface area contributed by atoms with E-state index >= 15 is 0 Å². The highest BCUT2D eigenvalue weighted by atomic mass is 16.5. The van der Waals surface area contributed by atoms with Gasteiger partial charge in [-0.15, -0.1) is 0 Å². The third-order valence-corrected chi connectivity index (χ3v) is 4.70. The van der Waals surface area contributed by atoms with Crippen molar-refractivity contribution in [2.24, 2.45) is 4.99 Å². The van der Waals surface area contributed by atoms with Crippen LogP contribution in [0.5, 0.6) is 5.75 Å². The fraction of sp³-hybridized carbons (Fsp3) is 0.619. The number of hydrogen-bond donors (Lipinski definition) is 3. The van der Waals surface area contributed by atoms with Gasteiger partial charge in [0, 0.05) is 57.9 Å². The minimum atomic E-state index is 0.0984. The van der Waals surface area contributed by atoms with Crippen molar-refractivity contribution in [1.29, 1.82) is 0 Å². The third-order valence-electron chi connectivity index (χ3n) is 4.70. The summed E-state index contributed by atoms with van der Waals surface area (Å²) in [6, 6.07) is 8.08. The molecule has 28 heavy (non-hydrogen) atoms. The molecular weight excluding hydrogens is 356 g/mol. The second-order valence-electron chi connectivity index (χ2n) is 7.00. The van der Waals surface area contributed by atoms with Crippen LogP contribution in [0.2, 0.25) is 0 Å². The average molecular weight is 391 g/mol. The molecule has 0 saturated heterocycles. The number of aliphatic imine (C=N–C) groups is 1. The van der Waals surface area contributed by atoms with Crippen molar-refractivity contribution in [2.45, 2.75) is 51.0 Å². The number of benzene rings is 1. The minimum absolute atomic E-state index is 0.0984. The largest absolute Gasteiger partial charge is 0.493 e. The first-order chi connectivity index (χ1) is 13.7. The highest BCUT2D eigenvalue weighted by Crippen LogP contribution is 2.18. The zero-order chi connectivity index (χ0) is 20.0. The molecule has 0 aliphatic heterocycles. The maximum absolute atomic E-state index is 12.1. The Kier molecular flexibility index (Phi) is 10.2. The second kappa shape index (κ2) is 13.0. The van der Waals surface area contributed by atoms with Crippen molar-refractivity contribution in [3.8, 4) is 5.75 Å². The SMILES string of the molecule is CN=C(NCCC(=O)NC1CCCCC1)Nc1cccc(OCCCOC)c1. The van der Waals surface area contributed by atoms with Gasteiger partial charge in [-0.25, -0.2) is 0 Å². The van der Waals surface area contributed by atoms with Crippen LogP contribution in [0.1, 0.15) is 44.9 Å². The molecule has 0 bridgehead atoms. The van der Waals surface area contributed by atoms with E-state index in [0.717, 1.165) is 30.7 Å². The zero-order valence-corrected chi connectivity index (χ0v) is 17.1. The topological polar surface area (TPSA) is 84.0 Å². The molecular formula is C21H34N4O3. The standard InChI is InChI=1S/C21H34N4O3/c1-22-21(23-13-12-20(26)24-17-8-4-3-5-9-17)25-18-10-6-11-19(16-18)28-15-7-14-27-2/h6,10-11,16-17H,3-5,7-9,12-15H2,1-2H3,(H,24,26)(H2,22,23,25). The Labute approximate surface area is 168 Å². The molecule has 156 valence electrons. The van der Waals surface area contributed by atoms with Crippen LogP contribution >= 0.6 is 0 Å². The number of hydrogen-bond acceptors (Lipinski definition) is 4. The van der Waals surface area contributed by atoms with E-state index in [4.69, 9.17) is 9.47 Å². The van der Waals surface area contributed by atoms with Crippen molar-refractivity contribution >= 4 is 17.6 Å². The molecule has 0 unspecified atom stereocenters. The van der Waals surface area contributed by atoms with E-state index in [-0.39, 0.29) is 5.91 Å². The zero-order valence-electron chi connectivity index (χ0n) is 17.1. The molecule has 1 fully saturated rings. The van der Waals surface area contributed by atoms with Crippen LogP contribution < -0.4 is 20.7 Å². The summed E-state index contributed by atoms with van der Waals surface area (Å²) in [7, 11) is 3.39. The van der Waals surface area contributed by atoms with Crippen molar-refractivity contribution in [3.63, 3.8) is 0 Å². The lowest BCUT2D eigenvalue weighted by molar-refractivity contribution is -0.121. The summed E-state index contributed by atoms with van der Waals surface area (Å²) in [4.78, 5) is 16.3. The highest BCUT2D eigenvalue weighted by Gasteiger charge is 2.15. The van der Waals surface area contributed by atoms with E-state index in [1.54, 1.807) is 14.2 Å². The molecule has 1 aromatic rings. The van der Waals surface area contributed by atoms with Gasteiger partial charge in [0.05, 0.1) is 6.61 Å². The molecule has 7 heteroatoms. The van der Waals surface area contributed by atoms with E-state index in [1.807, 2.05) is 24.3 Å². The Morgan fingerprint density at radius 2 is 2.04 bits per heavy atom. The average Bonchev–Trinajstić information content (AvgIpc) is 2.71. The van der Waals surface area contributed by atoms with Crippen LogP contribution in [0.15, 0.2) is 29.3 Å². The summed E-state index contributed by atoms with van der Waals surface area (Å²) in [5, 5.41) is 9.55. The van der Waals surface area contributed by atoms with Crippen LogP contribution in [0, 0.1) is 0 Å². The van der Waals surface area contributed by atoms with Crippen molar-refractivity contribution < 1.29 is 14.3 Å². The summed E-state index contributed by atoms with van der Waals surface area (Å²) >= 11 is 0. The Morgan fingerprint density at radius 3 is 2.79 bits per heavy atom. The number of methoxy groups -OCH3 is 1. The molecule has 1 amide bonds. The smallest absolute Gasteiger partial charge is 0.221 e. The number of nitrogens with one attached hydrogen (secondary N) is 3. The van der Waals surface area contributed by atoms with Gasteiger partial charge in [-0.05, 0) is 25.0 Å². The predicted octanol–water partition coefficient (Wildman–Crippen LogP) is 2.93. The van der Waals surface area contributed by atoms with Gasteiger partial charge < -0.3 is 25.4 Å². The summed E-state index contributed by atoms with van der Waals surface area (Å²) < 4.78 is 10.7. The van der Waals surface area contributed by atoms with E-state index in [1.165, 1.54) is 19.3 Å². The molecule has 7 nitrogen and oxygen atoms in total. The van der Waals surface area contributed by atoms with Crippen LogP contribution in [0.25, 0.3) is 0 Å². The lowest BCUT2D eigenvalue weighted by Gasteiger charge is -2.22. The first kappa shape index (κ1) is 22.0. The third kappa shape index (κ3) is 8.61. The Balaban J connectivity index is 1.70. The number of carbonyl (C=O) groups is 1. The quantitative estimate of drug-likeness (QED) is 0.325. The summed E-state index contributed by atoms with van der Waals surface area (Å²) in [6.07, 6.45) is 7.21. The van der Waals surface area contributed by atoms with E-state index in [2.05, 4.69) is 20.9 Å². The number of carbonyl (C=O) groups excluding carboxylic acids is 1. The molecule has 2 rings (SSSR count). The van der Waals surface area contributed by atoms with Gasteiger partial charge in [0.25, 0.3) is 0 Å². The van der Waals surface area contributed by atoms with Crippen LogP contribution in [-0.4, -0.2) is 51.8 Å². The molecule has 0 radical (unpaired) electrons. The molecule has 1 aliphatic rings. The summed E-state index contributed by atoms with van der Waals surface area (Å²) in [6.45, 7) is 1.83. The molecule has 1 aromatic carbocycles. The van der Waals surface area contributed by atoms with E-state index in [9.17, 15) is 4.79 Å². The number of anilines is 1. The second-order valence-corrected chi connectivity index (χ2v) is 7.00. The first-order valence-electron chi connectivity index (χ1n) is 10.2. The maximum atomic E-state index is 12.1. The van der Waals surface area contributed by atoms with Gasteiger partial charge in [0.1, 0.15) is 5.75 Å². The molecule has 1 saturated carbocycles. The molecule has 0 atom stereocenters. The Hall–Kier alpha value is -2.28. The Bertz CT molecular complexity index is 615. The molecule has 3 N–H and O–H groups in total. The Morgan fingerprint density at radius 1 is 1.21 bits per heavy atom. The predicted molar refractivity (Wildman–Crippen MR) is 113 cm³/mol. The number of amides is 1. The number of guanidine groups is 1. The van der Waals surface area contributed by atoms with Gasteiger partial charge in [-0.2, -0.15) is 0 Å². The van der Waals surface area contributed by atoms with Gasteiger partial charge >= 0.3 is 0 Å². The van der Waals surface area contributed by atoms with Crippen molar-refractivity contribution in [2.75, 3.05) is 39.2 Å². The van der Waals surface area contributed by atoms with Crippen LogP contribution in [0.3, 0.4) is 0 Å². The van der Waals surface area contributed by atoms with Crippen LogP contribution in [-0.2, 0) is 9.53 Å². The fourth-order valence-corrected chi connectivity index (χ4v) is 3.21. The van der Waals surface area contributed by atoms with Gasteiger partial charge in [0.2, 0.25) is 5.91 Å². The molecule has 0 aromatic heterocycles. The monoisotopic (exact) mass is 390 g/mol. The number of ether oxygens (including phenoxy) is 2. The van der Waals surface area contributed by atoms with E-state index < -0.39 is 0 Å². The highest BCUT2D eigenvalue weighted by molar-refractivity contribution is 5.93. The molecule has 0 spiro atoms. The van der Waals surface area contributed by atoms with E-state index in [0.29, 0.717) is 38.2 Å². The van der Waals surface area contributed by atoms with Gasteiger partial charge in [-0.3, -0.25) is 9.79 Å². The fourth-order valence-electron chi connectivity index (χ4n) is 3.21. The van der Waals surface area contributed by atoms with Crippen molar-refractivity contribution in [3.05, 3.63) is 24.3 Å². The minimum Gasteiger partial charge on any atom is -0.493 e. The van der Waals surface area contributed by atoms with Crippen LogP contribution in [0.4, 0.5) is 5.69 Å². The summed E-state index contributed by atoms with van der Waals surface area (Å²) in [5.41, 5.74) is 0.879. The van der Waals surface area contributed by atoms with Crippen molar-refractivity contribution in [1.82, 2.24) is 10.6 Å². The maximum Gasteiger partial charge on any atom is 0.221 e.